The van der Waals surface area contributed by atoms with Crippen molar-refractivity contribution in [3.63, 3.8) is 0 Å². The van der Waals surface area contributed by atoms with Gasteiger partial charge in [0.15, 0.2) is 5.76 Å². The van der Waals surface area contributed by atoms with Crippen molar-refractivity contribution in [2.45, 2.75) is 51.7 Å². The van der Waals surface area contributed by atoms with E-state index in [1.165, 1.54) is 5.56 Å². The van der Waals surface area contributed by atoms with Gasteiger partial charge in [0.2, 0.25) is 5.89 Å². The van der Waals surface area contributed by atoms with E-state index >= 15 is 0 Å². The number of piperidine rings is 1. The first-order valence-corrected chi connectivity index (χ1v) is 11.1. The Balaban J connectivity index is 1.27. The average Bonchev–Trinajstić information content (AvgIpc) is 3.27. The predicted octanol–water partition coefficient (Wildman–Crippen LogP) is 6.04. The van der Waals surface area contributed by atoms with Crippen LogP contribution in [0.25, 0.3) is 11.5 Å². The molecular formula is C26H30N2O4. The second kappa shape index (κ2) is 9.47. The average molecular weight is 435 g/mol. The minimum Gasteiger partial charge on any atom is -0.486 e. The van der Waals surface area contributed by atoms with Crippen LogP contribution >= 0.6 is 0 Å². The summed E-state index contributed by atoms with van der Waals surface area (Å²) in [4.78, 5) is 18.4. The predicted molar refractivity (Wildman–Crippen MR) is 122 cm³/mol. The normalized spacial score (nSPS) is 14.9. The molecule has 2 heterocycles. The van der Waals surface area contributed by atoms with Crippen LogP contribution in [-0.4, -0.2) is 34.7 Å². The lowest BCUT2D eigenvalue weighted by Crippen LogP contribution is -2.41. The van der Waals surface area contributed by atoms with Gasteiger partial charge in [-0.1, -0.05) is 30.3 Å². The number of hydrogen-bond acceptors (Lipinski definition) is 5. The lowest BCUT2D eigenvalue weighted by atomic mass is 9.89. The fraction of sp³-hybridized carbons (Fsp3) is 0.385. The number of nitrogens with zero attached hydrogens (tertiary/aromatic N) is 2. The highest BCUT2D eigenvalue weighted by molar-refractivity contribution is 5.68. The van der Waals surface area contributed by atoms with Gasteiger partial charge >= 0.3 is 6.09 Å². The van der Waals surface area contributed by atoms with E-state index < -0.39 is 5.60 Å². The summed E-state index contributed by atoms with van der Waals surface area (Å²) in [6, 6.07) is 18.0. The molecular weight excluding hydrogens is 404 g/mol. The molecule has 6 nitrogen and oxygen atoms in total. The molecule has 1 amide bonds. The van der Waals surface area contributed by atoms with Crippen LogP contribution in [0.15, 0.2) is 65.2 Å². The monoisotopic (exact) mass is 434 g/mol. The Morgan fingerprint density at radius 3 is 2.41 bits per heavy atom. The zero-order valence-corrected chi connectivity index (χ0v) is 18.9. The SMILES string of the molecule is CC(C)(C)OC(=O)N1CCC(c2ccc(OCc3cnc(-c4ccccc4)o3)cc2)CC1. The number of carbonyl (C=O) groups is 1. The molecule has 6 heteroatoms. The number of amides is 1. The van der Waals surface area contributed by atoms with Crippen LogP contribution in [0.1, 0.15) is 50.9 Å². The fourth-order valence-electron chi connectivity index (χ4n) is 3.80. The van der Waals surface area contributed by atoms with Gasteiger partial charge in [-0.2, -0.15) is 0 Å². The summed E-state index contributed by atoms with van der Waals surface area (Å²) in [6.45, 7) is 7.44. The van der Waals surface area contributed by atoms with Crippen LogP contribution in [0.5, 0.6) is 5.75 Å². The van der Waals surface area contributed by atoms with E-state index in [2.05, 4.69) is 17.1 Å². The van der Waals surface area contributed by atoms with Crippen LogP contribution < -0.4 is 4.74 Å². The van der Waals surface area contributed by atoms with E-state index in [9.17, 15) is 4.79 Å². The Hall–Kier alpha value is -3.28. The Morgan fingerprint density at radius 1 is 1.06 bits per heavy atom. The van der Waals surface area contributed by atoms with Gasteiger partial charge in [0, 0.05) is 18.7 Å². The first-order valence-electron chi connectivity index (χ1n) is 11.1. The number of hydrogen-bond donors (Lipinski definition) is 0. The van der Waals surface area contributed by atoms with Gasteiger partial charge in [-0.25, -0.2) is 9.78 Å². The van der Waals surface area contributed by atoms with Gasteiger partial charge in [-0.15, -0.1) is 0 Å². The number of ether oxygens (including phenoxy) is 2. The molecule has 0 N–H and O–H groups in total. The molecule has 1 aliphatic heterocycles. The maximum Gasteiger partial charge on any atom is 0.410 e. The zero-order chi connectivity index (χ0) is 22.6. The standard InChI is InChI=1S/C26H30N2O4/c1-26(2,3)32-25(29)28-15-13-20(14-16-28)19-9-11-22(12-10-19)30-18-23-17-27-24(31-23)21-7-5-4-6-8-21/h4-12,17,20H,13-16,18H2,1-3H3. The number of benzene rings is 2. The second-order valence-corrected chi connectivity index (χ2v) is 9.10. The number of rotatable bonds is 5. The highest BCUT2D eigenvalue weighted by Crippen LogP contribution is 2.30. The topological polar surface area (TPSA) is 64.8 Å². The maximum atomic E-state index is 12.2. The first-order chi connectivity index (χ1) is 15.4. The van der Waals surface area contributed by atoms with Crippen LogP contribution in [0.2, 0.25) is 0 Å². The molecule has 0 aliphatic carbocycles. The summed E-state index contributed by atoms with van der Waals surface area (Å²) < 4.78 is 17.1. The molecule has 1 aliphatic rings. The summed E-state index contributed by atoms with van der Waals surface area (Å²) in [5.74, 6) is 2.50. The molecule has 0 radical (unpaired) electrons. The van der Waals surface area contributed by atoms with Gasteiger partial charge in [-0.3, -0.25) is 0 Å². The zero-order valence-electron chi connectivity index (χ0n) is 18.9. The minimum absolute atomic E-state index is 0.220. The van der Waals surface area contributed by atoms with Crippen molar-refractivity contribution in [3.05, 3.63) is 72.1 Å². The van der Waals surface area contributed by atoms with E-state index in [1.807, 2.05) is 63.2 Å². The molecule has 1 fully saturated rings. The number of oxazole rings is 1. The lowest BCUT2D eigenvalue weighted by molar-refractivity contribution is 0.0205. The molecule has 2 aromatic carbocycles. The van der Waals surface area contributed by atoms with Crippen molar-refractivity contribution in [1.29, 1.82) is 0 Å². The van der Waals surface area contributed by atoms with Gasteiger partial charge in [0.25, 0.3) is 0 Å². The molecule has 4 rings (SSSR count). The summed E-state index contributed by atoms with van der Waals surface area (Å²) in [6.07, 6.45) is 3.34. The van der Waals surface area contributed by atoms with Crippen LogP contribution in [0, 0.1) is 0 Å². The van der Waals surface area contributed by atoms with E-state index in [0.29, 0.717) is 37.3 Å². The molecule has 3 aromatic rings. The van der Waals surface area contributed by atoms with Crippen molar-refractivity contribution in [2.24, 2.45) is 0 Å². The summed E-state index contributed by atoms with van der Waals surface area (Å²) in [7, 11) is 0. The highest BCUT2D eigenvalue weighted by atomic mass is 16.6. The van der Waals surface area contributed by atoms with Crippen molar-refractivity contribution < 1.29 is 18.7 Å². The Bertz CT molecular complexity index is 1010. The molecule has 32 heavy (non-hydrogen) atoms. The molecule has 0 bridgehead atoms. The Kier molecular flexibility index (Phi) is 6.49. The number of aromatic nitrogens is 1. The van der Waals surface area contributed by atoms with E-state index in [-0.39, 0.29) is 6.09 Å². The summed E-state index contributed by atoms with van der Waals surface area (Å²) in [5.41, 5.74) is 1.76. The van der Waals surface area contributed by atoms with E-state index in [1.54, 1.807) is 11.1 Å². The fourth-order valence-corrected chi connectivity index (χ4v) is 3.80. The molecule has 1 saturated heterocycles. The first kappa shape index (κ1) is 21.9. The van der Waals surface area contributed by atoms with Gasteiger partial charge in [0.1, 0.15) is 18.0 Å². The van der Waals surface area contributed by atoms with Crippen molar-refractivity contribution in [2.75, 3.05) is 13.1 Å². The largest absolute Gasteiger partial charge is 0.486 e. The van der Waals surface area contributed by atoms with Gasteiger partial charge in [0.05, 0.1) is 6.20 Å². The maximum absolute atomic E-state index is 12.2. The molecule has 0 saturated carbocycles. The van der Waals surface area contributed by atoms with Gasteiger partial charge in [-0.05, 0) is 69.4 Å². The van der Waals surface area contributed by atoms with E-state index in [4.69, 9.17) is 13.9 Å². The number of carbonyl (C=O) groups excluding carboxylic acids is 1. The van der Waals surface area contributed by atoms with Crippen LogP contribution in [0.4, 0.5) is 4.79 Å². The van der Waals surface area contributed by atoms with Crippen molar-refractivity contribution >= 4 is 6.09 Å². The van der Waals surface area contributed by atoms with Crippen LogP contribution in [-0.2, 0) is 11.3 Å². The third kappa shape index (κ3) is 5.69. The molecule has 0 spiro atoms. The Morgan fingerprint density at radius 2 is 1.75 bits per heavy atom. The third-order valence-electron chi connectivity index (χ3n) is 5.45. The van der Waals surface area contributed by atoms with Gasteiger partial charge < -0.3 is 18.8 Å². The minimum atomic E-state index is -0.460. The Labute approximate surface area is 189 Å². The lowest BCUT2D eigenvalue weighted by Gasteiger charge is -2.33. The van der Waals surface area contributed by atoms with E-state index in [0.717, 1.165) is 24.2 Å². The highest BCUT2D eigenvalue weighted by Gasteiger charge is 2.27. The molecule has 0 unspecified atom stereocenters. The summed E-state index contributed by atoms with van der Waals surface area (Å²) >= 11 is 0. The molecule has 168 valence electrons. The quantitative estimate of drug-likeness (QED) is 0.490. The third-order valence-corrected chi connectivity index (χ3v) is 5.45. The summed E-state index contributed by atoms with van der Waals surface area (Å²) in [5, 5.41) is 0. The van der Waals surface area contributed by atoms with Crippen molar-refractivity contribution in [1.82, 2.24) is 9.88 Å². The van der Waals surface area contributed by atoms with Crippen molar-refractivity contribution in [3.8, 4) is 17.2 Å². The smallest absolute Gasteiger partial charge is 0.410 e. The molecule has 0 atom stereocenters. The second-order valence-electron chi connectivity index (χ2n) is 9.10. The molecule has 1 aromatic heterocycles. The van der Waals surface area contributed by atoms with Crippen LogP contribution in [0.3, 0.4) is 0 Å². The number of likely N-dealkylation sites (tertiary alicyclic amines) is 1.